The van der Waals surface area contributed by atoms with Crippen molar-refractivity contribution in [3.05, 3.63) is 35.4 Å². The molecular formula is C12H16N2O2. The molecular weight excluding hydrogens is 204 g/mol. The van der Waals surface area contributed by atoms with Gasteiger partial charge in [-0.05, 0) is 26.0 Å². The molecule has 16 heavy (non-hydrogen) atoms. The number of amides is 1. The van der Waals surface area contributed by atoms with E-state index in [1.54, 1.807) is 0 Å². The van der Waals surface area contributed by atoms with Crippen molar-refractivity contribution in [3.8, 4) is 0 Å². The van der Waals surface area contributed by atoms with Gasteiger partial charge in [-0.25, -0.2) is 5.43 Å². The Morgan fingerprint density at radius 1 is 1.38 bits per heavy atom. The van der Waals surface area contributed by atoms with Crippen LogP contribution in [0.15, 0.2) is 29.4 Å². The molecule has 0 aromatic heterocycles. The monoisotopic (exact) mass is 220 g/mol. The van der Waals surface area contributed by atoms with Crippen molar-refractivity contribution in [3.63, 3.8) is 0 Å². The molecule has 1 aromatic carbocycles. The first-order valence-corrected chi connectivity index (χ1v) is 5.17. The summed E-state index contributed by atoms with van der Waals surface area (Å²) in [4.78, 5) is 10.8. The molecule has 0 bridgehead atoms. The lowest BCUT2D eigenvalue weighted by molar-refractivity contribution is -0.118. The van der Waals surface area contributed by atoms with Gasteiger partial charge in [0.2, 0.25) is 11.8 Å². The Hall–Kier alpha value is -1.84. The number of hydrogen-bond donors (Lipinski definition) is 1. The molecule has 1 N–H and O–H groups in total. The maximum Gasteiger partial charge on any atom is 0.238 e. The number of carbonyl (C=O) groups excluding carboxylic acids is 1. The second-order valence-electron chi connectivity index (χ2n) is 3.38. The summed E-state index contributed by atoms with van der Waals surface area (Å²) in [5.74, 6) is 0.210. The second kappa shape index (κ2) is 5.90. The molecule has 0 saturated carbocycles. The first-order valence-electron chi connectivity index (χ1n) is 5.17. The van der Waals surface area contributed by atoms with Crippen molar-refractivity contribution in [2.75, 3.05) is 6.61 Å². The van der Waals surface area contributed by atoms with E-state index in [0.29, 0.717) is 12.5 Å². The standard InChI is InChI=1S/C12H16N2O2/c1-4-16-12(14-13-10(3)15)11-7-5-9(2)6-8-11/h5-8H,4H2,1-3H3,(H,13,15). The van der Waals surface area contributed by atoms with Gasteiger partial charge in [-0.2, -0.15) is 0 Å². The van der Waals surface area contributed by atoms with Gasteiger partial charge in [0.15, 0.2) is 0 Å². The quantitative estimate of drug-likeness (QED) is 0.480. The van der Waals surface area contributed by atoms with E-state index in [9.17, 15) is 4.79 Å². The zero-order chi connectivity index (χ0) is 12.0. The van der Waals surface area contributed by atoms with Crippen LogP contribution in [-0.2, 0) is 9.53 Å². The van der Waals surface area contributed by atoms with E-state index < -0.39 is 0 Å². The van der Waals surface area contributed by atoms with Crippen LogP contribution in [0.2, 0.25) is 0 Å². The highest BCUT2D eigenvalue weighted by Crippen LogP contribution is 2.05. The van der Waals surface area contributed by atoms with Gasteiger partial charge >= 0.3 is 0 Å². The van der Waals surface area contributed by atoms with Crippen LogP contribution in [0.1, 0.15) is 25.0 Å². The number of nitrogens with zero attached hydrogens (tertiary/aromatic N) is 1. The highest BCUT2D eigenvalue weighted by Gasteiger charge is 2.04. The van der Waals surface area contributed by atoms with Crippen LogP contribution in [0.4, 0.5) is 0 Å². The van der Waals surface area contributed by atoms with E-state index in [1.165, 1.54) is 12.5 Å². The van der Waals surface area contributed by atoms with Crippen LogP contribution in [0.25, 0.3) is 0 Å². The van der Waals surface area contributed by atoms with Crippen molar-refractivity contribution in [1.82, 2.24) is 5.43 Å². The fourth-order valence-corrected chi connectivity index (χ4v) is 1.14. The predicted octanol–water partition coefficient (Wildman–Crippen LogP) is 1.83. The maximum atomic E-state index is 10.8. The minimum Gasteiger partial charge on any atom is -0.477 e. The van der Waals surface area contributed by atoms with Gasteiger partial charge < -0.3 is 4.74 Å². The van der Waals surface area contributed by atoms with Crippen molar-refractivity contribution < 1.29 is 9.53 Å². The number of hydrogen-bond acceptors (Lipinski definition) is 3. The average Bonchev–Trinajstić information content (AvgIpc) is 2.25. The number of benzene rings is 1. The summed E-state index contributed by atoms with van der Waals surface area (Å²) in [5.41, 5.74) is 4.38. The van der Waals surface area contributed by atoms with Gasteiger partial charge in [0, 0.05) is 12.5 Å². The molecule has 86 valence electrons. The molecule has 1 rings (SSSR count). The van der Waals surface area contributed by atoms with Crippen LogP contribution in [-0.4, -0.2) is 18.4 Å². The SMILES string of the molecule is CCOC(=NNC(C)=O)c1ccc(C)cc1. The lowest BCUT2D eigenvalue weighted by atomic mass is 10.1. The van der Waals surface area contributed by atoms with Gasteiger partial charge in [-0.15, -0.1) is 5.10 Å². The van der Waals surface area contributed by atoms with Crippen LogP contribution in [0.3, 0.4) is 0 Å². The normalized spacial score (nSPS) is 11.1. The number of nitrogens with one attached hydrogen (secondary N) is 1. The fraction of sp³-hybridized carbons (Fsp3) is 0.333. The summed E-state index contributed by atoms with van der Waals surface area (Å²) >= 11 is 0. The van der Waals surface area contributed by atoms with E-state index in [-0.39, 0.29) is 5.91 Å². The Labute approximate surface area is 95.3 Å². The van der Waals surface area contributed by atoms with Crippen LogP contribution in [0, 0.1) is 6.92 Å². The van der Waals surface area contributed by atoms with Gasteiger partial charge in [0.25, 0.3) is 0 Å². The van der Waals surface area contributed by atoms with Crippen LogP contribution in [0.5, 0.6) is 0 Å². The lowest BCUT2D eigenvalue weighted by Crippen LogP contribution is -2.18. The Morgan fingerprint density at radius 2 is 2.00 bits per heavy atom. The van der Waals surface area contributed by atoms with Gasteiger partial charge in [-0.1, -0.05) is 17.7 Å². The minimum atomic E-state index is -0.218. The average molecular weight is 220 g/mol. The van der Waals surface area contributed by atoms with Crippen molar-refractivity contribution in [2.45, 2.75) is 20.8 Å². The molecule has 0 radical (unpaired) electrons. The third-order valence-electron chi connectivity index (χ3n) is 1.89. The van der Waals surface area contributed by atoms with Gasteiger partial charge in [0.1, 0.15) is 0 Å². The summed E-state index contributed by atoms with van der Waals surface area (Å²) in [6.07, 6.45) is 0. The van der Waals surface area contributed by atoms with E-state index in [2.05, 4.69) is 10.5 Å². The van der Waals surface area contributed by atoms with Crippen molar-refractivity contribution in [2.24, 2.45) is 5.10 Å². The summed E-state index contributed by atoms with van der Waals surface area (Å²) in [7, 11) is 0. The van der Waals surface area contributed by atoms with Crippen molar-refractivity contribution in [1.29, 1.82) is 0 Å². The maximum absolute atomic E-state index is 10.8. The predicted molar refractivity (Wildman–Crippen MR) is 63.2 cm³/mol. The van der Waals surface area contributed by atoms with E-state index in [4.69, 9.17) is 4.74 Å². The highest BCUT2D eigenvalue weighted by molar-refractivity contribution is 5.94. The highest BCUT2D eigenvalue weighted by atomic mass is 16.5. The number of rotatable bonds is 3. The molecule has 4 heteroatoms. The third kappa shape index (κ3) is 3.73. The molecule has 0 saturated heterocycles. The fourth-order valence-electron chi connectivity index (χ4n) is 1.14. The molecule has 0 aliphatic carbocycles. The first-order chi connectivity index (χ1) is 7.63. The molecule has 0 aliphatic heterocycles. The molecule has 0 heterocycles. The summed E-state index contributed by atoms with van der Waals surface area (Å²) in [6, 6.07) is 7.76. The number of aryl methyl sites for hydroxylation is 1. The molecule has 0 fully saturated rings. The number of hydrazone groups is 1. The molecule has 0 spiro atoms. The molecule has 0 atom stereocenters. The topological polar surface area (TPSA) is 50.7 Å². The molecule has 1 aromatic rings. The third-order valence-corrected chi connectivity index (χ3v) is 1.89. The van der Waals surface area contributed by atoms with E-state index in [1.807, 2.05) is 38.1 Å². The molecule has 0 aliphatic rings. The number of carbonyl (C=O) groups is 1. The molecule has 1 amide bonds. The van der Waals surface area contributed by atoms with Gasteiger partial charge in [-0.3, -0.25) is 4.79 Å². The zero-order valence-corrected chi connectivity index (χ0v) is 9.78. The lowest BCUT2D eigenvalue weighted by Gasteiger charge is -2.07. The van der Waals surface area contributed by atoms with Crippen molar-refractivity contribution >= 4 is 11.8 Å². The van der Waals surface area contributed by atoms with Gasteiger partial charge in [0.05, 0.1) is 6.61 Å². The van der Waals surface area contributed by atoms with Crippen LogP contribution >= 0.6 is 0 Å². The summed E-state index contributed by atoms with van der Waals surface area (Å²) in [5, 5.41) is 3.91. The Balaban J connectivity index is 2.88. The van der Waals surface area contributed by atoms with E-state index in [0.717, 1.165) is 5.56 Å². The smallest absolute Gasteiger partial charge is 0.238 e. The largest absolute Gasteiger partial charge is 0.477 e. The Morgan fingerprint density at radius 3 is 2.50 bits per heavy atom. The minimum absolute atomic E-state index is 0.218. The number of ether oxygens (including phenoxy) is 1. The zero-order valence-electron chi connectivity index (χ0n) is 9.78. The molecule has 0 unspecified atom stereocenters. The Kier molecular flexibility index (Phi) is 4.51. The van der Waals surface area contributed by atoms with E-state index >= 15 is 0 Å². The Bertz CT molecular complexity index is 383. The second-order valence-corrected chi connectivity index (χ2v) is 3.38. The summed E-state index contributed by atoms with van der Waals surface area (Å²) in [6.45, 7) is 5.79. The summed E-state index contributed by atoms with van der Waals surface area (Å²) < 4.78 is 5.35. The van der Waals surface area contributed by atoms with Crippen LogP contribution < -0.4 is 5.43 Å². The first kappa shape index (κ1) is 12.2. The molecule has 4 nitrogen and oxygen atoms in total.